The van der Waals surface area contributed by atoms with Crippen molar-refractivity contribution in [2.24, 2.45) is 0 Å². The number of nitrogens with one attached hydrogen (secondary N) is 1. The van der Waals surface area contributed by atoms with Crippen molar-refractivity contribution < 1.29 is 9.90 Å². The topological polar surface area (TPSA) is 105 Å². The van der Waals surface area contributed by atoms with Gasteiger partial charge in [0.1, 0.15) is 5.82 Å². The van der Waals surface area contributed by atoms with Crippen molar-refractivity contribution in [1.29, 1.82) is 0 Å². The van der Waals surface area contributed by atoms with E-state index in [1.54, 1.807) is 0 Å². The van der Waals surface area contributed by atoms with Gasteiger partial charge in [-0.15, -0.1) is 5.10 Å². The maximum Gasteiger partial charge on any atom is 0.305 e. The van der Waals surface area contributed by atoms with E-state index in [0.717, 1.165) is 0 Å². The van der Waals surface area contributed by atoms with Gasteiger partial charge < -0.3 is 10.4 Å². The highest BCUT2D eigenvalue weighted by Gasteiger charge is 2.03. The van der Waals surface area contributed by atoms with Crippen LogP contribution in [0.5, 0.6) is 0 Å². The minimum atomic E-state index is -0.862. The molecule has 0 spiro atoms. The molecule has 0 aromatic carbocycles. The molecule has 0 aliphatic heterocycles. The number of fused-ring (bicyclic) bond motifs is 1. The van der Waals surface area contributed by atoms with E-state index >= 15 is 0 Å². The Kier molecular flexibility index (Phi) is 2.40. The molecule has 0 aliphatic carbocycles. The second kappa shape index (κ2) is 3.86. The van der Waals surface area contributed by atoms with Crippen molar-refractivity contribution in [2.45, 2.75) is 6.42 Å². The molecule has 8 heteroatoms. The van der Waals surface area contributed by atoms with Gasteiger partial charge in [0.2, 0.25) is 0 Å². The third-order valence-corrected chi connectivity index (χ3v) is 1.75. The second-order valence-electron chi connectivity index (χ2n) is 2.81. The van der Waals surface area contributed by atoms with E-state index in [1.165, 1.54) is 16.9 Å². The van der Waals surface area contributed by atoms with Crippen LogP contribution in [-0.4, -0.2) is 42.6 Å². The molecule has 0 fully saturated rings. The van der Waals surface area contributed by atoms with Crippen molar-refractivity contribution in [3.63, 3.8) is 0 Å². The Morgan fingerprint density at radius 1 is 1.53 bits per heavy atom. The van der Waals surface area contributed by atoms with Crippen LogP contribution in [0, 0.1) is 0 Å². The van der Waals surface area contributed by atoms with Gasteiger partial charge in [-0.05, 0) is 10.4 Å². The van der Waals surface area contributed by atoms with E-state index in [1.807, 2.05) is 0 Å². The van der Waals surface area contributed by atoms with E-state index in [-0.39, 0.29) is 6.42 Å². The molecular weight excluding hydrogens is 200 g/mol. The van der Waals surface area contributed by atoms with Crippen LogP contribution in [0.25, 0.3) is 5.65 Å². The molecule has 78 valence electrons. The number of carbonyl (C=O) groups is 1. The first-order chi connectivity index (χ1) is 7.27. The van der Waals surface area contributed by atoms with Crippen LogP contribution in [0.3, 0.4) is 0 Å². The fourth-order valence-electron chi connectivity index (χ4n) is 1.09. The van der Waals surface area contributed by atoms with Gasteiger partial charge in [0, 0.05) is 6.54 Å². The van der Waals surface area contributed by atoms with Gasteiger partial charge >= 0.3 is 5.97 Å². The van der Waals surface area contributed by atoms with Crippen molar-refractivity contribution in [1.82, 2.24) is 25.0 Å². The largest absolute Gasteiger partial charge is 0.481 e. The first-order valence-electron chi connectivity index (χ1n) is 4.25. The number of nitrogens with zero attached hydrogens (tertiary/aromatic N) is 5. The van der Waals surface area contributed by atoms with Gasteiger partial charge in [-0.3, -0.25) is 9.78 Å². The molecule has 2 heterocycles. The molecule has 8 nitrogen and oxygen atoms in total. The lowest BCUT2D eigenvalue weighted by molar-refractivity contribution is -0.136. The van der Waals surface area contributed by atoms with Gasteiger partial charge in [0.05, 0.1) is 18.8 Å². The van der Waals surface area contributed by atoms with Crippen molar-refractivity contribution in [3.8, 4) is 0 Å². The monoisotopic (exact) mass is 208 g/mol. The van der Waals surface area contributed by atoms with E-state index in [9.17, 15) is 4.79 Å². The number of aliphatic carboxylic acids is 1. The fourth-order valence-corrected chi connectivity index (χ4v) is 1.09. The summed E-state index contributed by atoms with van der Waals surface area (Å²) in [4.78, 5) is 14.2. The number of tetrazole rings is 1. The highest BCUT2D eigenvalue weighted by atomic mass is 16.4. The number of aromatic nitrogens is 5. The van der Waals surface area contributed by atoms with Gasteiger partial charge in [0.25, 0.3) is 0 Å². The zero-order chi connectivity index (χ0) is 10.7. The Balaban J connectivity index is 2.13. The van der Waals surface area contributed by atoms with Crippen LogP contribution >= 0.6 is 0 Å². The molecule has 0 atom stereocenters. The minimum absolute atomic E-state index is 0.0263. The minimum Gasteiger partial charge on any atom is -0.481 e. The van der Waals surface area contributed by atoms with E-state index in [2.05, 4.69) is 25.8 Å². The maximum absolute atomic E-state index is 10.3. The first kappa shape index (κ1) is 9.31. The van der Waals surface area contributed by atoms with E-state index < -0.39 is 5.97 Å². The van der Waals surface area contributed by atoms with E-state index in [4.69, 9.17) is 5.11 Å². The summed E-state index contributed by atoms with van der Waals surface area (Å²) in [5.74, 6) is -0.293. The lowest BCUT2D eigenvalue weighted by Crippen LogP contribution is -2.10. The normalized spacial score (nSPS) is 10.4. The number of carboxylic acid groups (broad SMARTS) is 1. The predicted molar refractivity (Wildman–Crippen MR) is 49.3 cm³/mol. The maximum atomic E-state index is 10.3. The Bertz CT molecular complexity index is 481. The average Bonchev–Trinajstić information content (AvgIpc) is 2.65. The third kappa shape index (κ3) is 1.98. The summed E-state index contributed by atoms with van der Waals surface area (Å²) >= 11 is 0. The average molecular weight is 208 g/mol. The number of rotatable bonds is 4. The summed E-state index contributed by atoms with van der Waals surface area (Å²) in [6.45, 7) is 0.302. The number of anilines is 1. The summed E-state index contributed by atoms with van der Waals surface area (Å²) < 4.78 is 1.45. The molecule has 0 radical (unpaired) electrons. The van der Waals surface area contributed by atoms with Crippen LogP contribution in [0.1, 0.15) is 6.42 Å². The van der Waals surface area contributed by atoms with Gasteiger partial charge in [-0.25, -0.2) is 0 Å². The van der Waals surface area contributed by atoms with Crippen LogP contribution in [0.2, 0.25) is 0 Å². The molecule has 0 aliphatic rings. The summed E-state index contributed by atoms with van der Waals surface area (Å²) in [6.07, 6.45) is 3.08. The molecule has 15 heavy (non-hydrogen) atoms. The Labute approximate surface area is 83.9 Å². The lowest BCUT2D eigenvalue weighted by Gasteiger charge is -2.04. The van der Waals surface area contributed by atoms with Crippen molar-refractivity contribution in [2.75, 3.05) is 11.9 Å². The second-order valence-corrected chi connectivity index (χ2v) is 2.81. The Morgan fingerprint density at radius 2 is 2.40 bits per heavy atom. The van der Waals surface area contributed by atoms with Crippen LogP contribution in [0.4, 0.5) is 5.82 Å². The van der Waals surface area contributed by atoms with Crippen LogP contribution < -0.4 is 5.32 Å². The SMILES string of the molecule is O=C(O)CCNc1cncc2nnnn12. The third-order valence-electron chi connectivity index (χ3n) is 1.75. The molecule has 0 unspecified atom stereocenters. The summed E-state index contributed by atoms with van der Waals surface area (Å²) in [5.41, 5.74) is 0.510. The smallest absolute Gasteiger partial charge is 0.305 e. The number of hydrogen-bond acceptors (Lipinski definition) is 6. The van der Waals surface area contributed by atoms with Crippen molar-refractivity contribution >= 4 is 17.4 Å². The lowest BCUT2D eigenvalue weighted by atomic mass is 10.4. The molecule has 0 saturated heterocycles. The fraction of sp³-hybridized carbons (Fsp3) is 0.286. The van der Waals surface area contributed by atoms with Gasteiger partial charge in [-0.1, -0.05) is 0 Å². The van der Waals surface area contributed by atoms with Gasteiger partial charge in [-0.2, -0.15) is 4.52 Å². The number of carboxylic acids is 1. The standard InChI is InChI=1S/C7H8N6O2/c14-7(15)1-2-9-5-3-8-4-6-10-11-12-13(5)6/h3-4,9H,1-2H2,(H,14,15). The Hall–Kier alpha value is -2.25. The molecule has 0 saturated carbocycles. The van der Waals surface area contributed by atoms with E-state index in [0.29, 0.717) is 18.0 Å². The molecule has 2 aromatic rings. The van der Waals surface area contributed by atoms with Crippen LogP contribution in [0.15, 0.2) is 12.4 Å². The molecule has 0 bridgehead atoms. The summed E-state index contributed by atoms with van der Waals surface area (Å²) in [6, 6.07) is 0. The summed E-state index contributed by atoms with van der Waals surface area (Å²) in [5, 5.41) is 22.2. The van der Waals surface area contributed by atoms with Crippen LogP contribution in [-0.2, 0) is 4.79 Å². The molecule has 2 N–H and O–H groups in total. The van der Waals surface area contributed by atoms with Gasteiger partial charge in [0.15, 0.2) is 5.65 Å². The highest BCUT2D eigenvalue weighted by molar-refractivity contribution is 5.67. The number of hydrogen-bond donors (Lipinski definition) is 2. The summed E-state index contributed by atoms with van der Waals surface area (Å²) in [7, 11) is 0. The molecule has 2 rings (SSSR count). The zero-order valence-corrected chi connectivity index (χ0v) is 7.66. The predicted octanol–water partition coefficient (Wildman–Crippen LogP) is -0.594. The zero-order valence-electron chi connectivity index (χ0n) is 7.66. The highest BCUT2D eigenvalue weighted by Crippen LogP contribution is 2.05. The molecule has 0 amide bonds. The molecular formula is C7H8N6O2. The molecule has 2 aromatic heterocycles. The first-order valence-corrected chi connectivity index (χ1v) is 4.25. The Morgan fingerprint density at radius 3 is 3.20 bits per heavy atom. The van der Waals surface area contributed by atoms with Crippen molar-refractivity contribution in [3.05, 3.63) is 12.4 Å². The quantitative estimate of drug-likeness (QED) is 0.691.